The fourth-order valence-electron chi connectivity index (χ4n) is 2.00. The maximum absolute atomic E-state index is 12.0. The van der Waals surface area contributed by atoms with Gasteiger partial charge in [-0.25, -0.2) is 9.97 Å². The Hall–Kier alpha value is -2.73. The number of nitrogens with zero attached hydrogens (tertiary/aromatic N) is 2. The first-order chi connectivity index (χ1) is 11.3. The molecule has 5 nitrogen and oxygen atoms in total. The zero-order chi connectivity index (χ0) is 15.9. The van der Waals surface area contributed by atoms with E-state index in [0.29, 0.717) is 17.9 Å². The molecule has 0 unspecified atom stereocenters. The summed E-state index contributed by atoms with van der Waals surface area (Å²) in [6, 6.07) is 13.2. The lowest BCUT2D eigenvalue weighted by atomic mass is 10.2. The SMILES string of the molecule is O=C(CCc1cccs1)Nc1cccc(Oc2ncccn2)c1. The molecule has 3 rings (SSSR count). The molecule has 116 valence electrons. The number of amides is 1. The van der Waals surface area contributed by atoms with Crippen molar-refractivity contribution in [3.05, 3.63) is 65.1 Å². The third kappa shape index (κ3) is 4.62. The molecule has 3 aromatic rings. The van der Waals surface area contributed by atoms with E-state index >= 15 is 0 Å². The second-order valence-corrected chi connectivity index (χ2v) is 5.82. The number of nitrogens with one attached hydrogen (secondary N) is 1. The molecular formula is C17H15N3O2S. The number of carbonyl (C=O) groups excluding carboxylic acids is 1. The molecule has 0 aliphatic heterocycles. The first-order valence-corrected chi connectivity index (χ1v) is 8.05. The van der Waals surface area contributed by atoms with E-state index in [1.165, 1.54) is 4.88 Å². The molecule has 0 saturated heterocycles. The van der Waals surface area contributed by atoms with Crippen molar-refractivity contribution in [2.75, 3.05) is 5.32 Å². The minimum absolute atomic E-state index is 0.0217. The van der Waals surface area contributed by atoms with Crippen molar-refractivity contribution in [1.29, 1.82) is 0 Å². The summed E-state index contributed by atoms with van der Waals surface area (Å²) in [6.45, 7) is 0. The number of thiophene rings is 1. The number of anilines is 1. The molecule has 23 heavy (non-hydrogen) atoms. The van der Waals surface area contributed by atoms with Crippen molar-refractivity contribution in [3.8, 4) is 11.8 Å². The van der Waals surface area contributed by atoms with Crippen LogP contribution in [0.3, 0.4) is 0 Å². The molecule has 1 N–H and O–H groups in total. The van der Waals surface area contributed by atoms with Crippen molar-refractivity contribution in [2.24, 2.45) is 0 Å². The van der Waals surface area contributed by atoms with E-state index in [-0.39, 0.29) is 11.9 Å². The molecule has 2 aromatic heterocycles. The van der Waals surface area contributed by atoms with Gasteiger partial charge in [-0.1, -0.05) is 12.1 Å². The van der Waals surface area contributed by atoms with Crippen molar-refractivity contribution >= 4 is 22.9 Å². The zero-order valence-corrected chi connectivity index (χ0v) is 13.1. The molecule has 0 spiro atoms. The topological polar surface area (TPSA) is 64.1 Å². The third-order valence-corrected chi connectivity index (χ3v) is 3.98. The first kappa shape index (κ1) is 15.2. The van der Waals surface area contributed by atoms with Crippen LogP contribution in [0.4, 0.5) is 5.69 Å². The van der Waals surface area contributed by atoms with Crippen LogP contribution >= 0.6 is 11.3 Å². The quantitative estimate of drug-likeness (QED) is 0.746. The highest BCUT2D eigenvalue weighted by atomic mass is 32.1. The van der Waals surface area contributed by atoms with Gasteiger partial charge in [0.25, 0.3) is 0 Å². The van der Waals surface area contributed by atoms with Crippen LogP contribution in [-0.4, -0.2) is 15.9 Å². The van der Waals surface area contributed by atoms with E-state index in [1.807, 2.05) is 29.6 Å². The van der Waals surface area contributed by atoms with Gasteiger partial charge in [-0.05, 0) is 36.1 Å². The number of aromatic nitrogens is 2. The minimum atomic E-state index is -0.0217. The molecule has 0 fully saturated rings. The molecule has 0 aliphatic carbocycles. The monoisotopic (exact) mass is 325 g/mol. The Bertz CT molecular complexity index is 761. The van der Waals surface area contributed by atoms with Gasteiger partial charge in [-0.3, -0.25) is 4.79 Å². The summed E-state index contributed by atoms with van der Waals surface area (Å²) in [6.07, 6.45) is 4.42. The Labute approximate surface area is 138 Å². The van der Waals surface area contributed by atoms with E-state index in [1.54, 1.807) is 41.9 Å². The summed E-state index contributed by atoms with van der Waals surface area (Å²) < 4.78 is 5.55. The summed E-state index contributed by atoms with van der Waals surface area (Å²) in [7, 11) is 0. The van der Waals surface area contributed by atoms with Gasteiger partial charge < -0.3 is 10.1 Å². The molecule has 6 heteroatoms. The van der Waals surface area contributed by atoms with Gasteiger partial charge in [0, 0.05) is 35.4 Å². The second-order valence-electron chi connectivity index (χ2n) is 4.79. The Morgan fingerprint density at radius 1 is 1.13 bits per heavy atom. The second kappa shape index (κ2) is 7.51. The zero-order valence-electron chi connectivity index (χ0n) is 12.3. The maximum atomic E-state index is 12.0. The van der Waals surface area contributed by atoms with Crippen molar-refractivity contribution in [3.63, 3.8) is 0 Å². The Kier molecular flexibility index (Phi) is 4.95. The minimum Gasteiger partial charge on any atom is -0.424 e. The predicted octanol–water partition coefficient (Wildman–Crippen LogP) is 3.90. The van der Waals surface area contributed by atoms with Gasteiger partial charge >= 0.3 is 6.01 Å². The maximum Gasteiger partial charge on any atom is 0.321 e. The lowest BCUT2D eigenvalue weighted by Gasteiger charge is -2.07. The number of aryl methyl sites for hydroxylation is 1. The highest BCUT2D eigenvalue weighted by Crippen LogP contribution is 2.21. The lowest BCUT2D eigenvalue weighted by Crippen LogP contribution is -2.12. The van der Waals surface area contributed by atoms with Gasteiger partial charge in [0.2, 0.25) is 5.91 Å². The van der Waals surface area contributed by atoms with Gasteiger partial charge in [-0.15, -0.1) is 11.3 Å². The van der Waals surface area contributed by atoms with E-state index in [0.717, 1.165) is 6.42 Å². The summed E-state index contributed by atoms with van der Waals surface area (Å²) in [5, 5.41) is 4.89. The number of carbonyl (C=O) groups is 1. The van der Waals surface area contributed by atoms with Crippen LogP contribution in [0.25, 0.3) is 0 Å². The molecule has 2 heterocycles. The normalized spacial score (nSPS) is 10.3. The van der Waals surface area contributed by atoms with Crippen LogP contribution in [0.15, 0.2) is 60.2 Å². The molecule has 0 aliphatic rings. The highest BCUT2D eigenvalue weighted by molar-refractivity contribution is 7.09. The van der Waals surface area contributed by atoms with Crippen molar-refractivity contribution in [2.45, 2.75) is 12.8 Å². The van der Waals surface area contributed by atoms with Crippen LogP contribution < -0.4 is 10.1 Å². The van der Waals surface area contributed by atoms with Gasteiger partial charge in [-0.2, -0.15) is 0 Å². The standard InChI is InChI=1S/C17H15N3O2S/c21-16(8-7-15-6-2-11-23-15)20-13-4-1-5-14(12-13)22-17-18-9-3-10-19-17/h1-6,9-12H,7-8H2,(H,20,21). The fraction of sp³-hybridized carbons (Fsp3) is 0.118. The molecule has 0 bridgehead atoms. The van der Waals surface area contributed by atoms with Crippen LogP contribution in [0.5, 0.6) is 11.8 Å². The smallest absolute Gasteiger partial charge is 0.321 e. The molecule has 0 saturated carbocycles. The predicted molar refractivity (Wildman–Crippen MR) is 89.8 cm³/mol. The Morgan fingerprint density at radius 3 is 2.78 bits per heavy atom. The number of benzene rings is 1. The molecule has 1 amide bonds. The van der Waals surface area contributed by atoms with Crippen molar-refractivity contribution < 1.29 is 9.53 Å². The van der Waals surface area contributed by atoms with Crippen LogP contribution in [0.2, 0.25) is 0 Å². The molecule has 0 radical (unpaired) electrons. The number of ether oxygens (including phenoxy) is 1. The van der Waals surface area contributed by atoms with Crippen LogP contribution in [0.1, 0.15) is 11.3 Å². The van der Waals surface area contributed by atoms with Crippen LogP contribution in [0, 0.1) is 0 Å². The van der Waals surface area contributed by atoms with E-state index < -0.39 is 0 Å². The largest absolute Gasteiger partial charge is 0.424 e. The summed E-state index contributed by atoms with van der Waals surface area (Å²) in [5.41, 5.74) is 0.689. The fourth-order valence-corrected chi connectivity index (χ4v) is 2.70. The highest BCUT2D eigenvalue weighted by Gasteiger charge is 2.06. The number of hydrogen-bond donors (Lipinski definition) is 1. The van der Waals surface area contributed by atoms with E-state index in [9.17, 15) is 4.79 Å². The summed E-state index contributed by atoms with van der Waals surface area (Å²) in [4.78, 5) is 21.2. The average Bonchev–Trinajstić information content (AvgIpc) is 3.08. The Balaban J connectivity index is 1.57. The van der Waals surface area contributed by atoms with Gasteiger partial charge in [0.15, 0.2) is 0 Å². The summed E-state index contributed by atoms with van der Waals surface area (Å²) in [5.74, 6) is 0.554. The van der Waals surface area contributed by atoms with Gasteiger partial charge in [0.05, 0.1) is 0 Å². The number of rotatable bonds is 6. The van der Waals surface area contributed by atoms with Gasteiger partial charge in [0.1, 0.15) is 5.75 Å². The first-order valence-electron chi connectivity index (χ1n) is 7.17. The Morgan fingerprint density at radius 2 is 2.00 bits per heavy atom. The summed E-state index contributed by atoms with van der Waals surface area (Å²) >= 11 is 1.66. The molecule has 0 atom stereocenters. The van der Waals surface area contributed by atoms with Crippen LogP contribution in [-0.2, 0) is 11.2 Å². The molecular weight excluding hydrogens is 310 g/mol. The number of hydrogen-bond acceptors (Lipinski definition) is 5. The third-order valence-electron chi connectivity index (χ3n) is 3.05. The lowest BCUT2D eigenvalue weighted by molar-refractivity contribution is -0.116. The van der Waals surface area contributed by atoms with E-state index in [4.69, 9.17) is 4.74 Å². The van der Waals surface area contributed by atoms with E-state index in [2.05, 4.69) is 15.3 Å². The van der Waals surface area contributed by atoms with Crippen molar-refractivity contribution in [1.82, 2.24) is 9.97 Å². The molecule has 1 aromatic carbocycles. The average molecular weight is 325 g/mol.